The van der Waals surface area contributed by atoms with E-state index in [1.54, 1.807) is 0 Å². The summed E-state index contributed by atoms with van der Waals surface area (Å²) in [7, 11) is 0. The Labute approximate surface area is 128 Å². The van der Waals surface area contributed by atoms with Gasteiger partial charge in [-0.1, -0.05) is 20.8 Å². The molecule has 0 amide bonds. The Hall–Kier alpha value is -0.570. The van der Waals surface area contributed by atoms with Gasteiger partial charge in [0.05, 0.1) is 18.1 Å². The molecule has 0 aromatic rings. The number of ether oxygens (including phenoxy) is 2. The third kappa shape index (κ3) is 2.62. The van der Waals surface area contributed by atoms with Crippen molar-refractivity contribution in [1.29, 1.82) is 0 Å². The second-order valence-electron chi connectivity index (χ2n) is 7.37. The fourth-order valence-electron chi connectivity index (χ4n) is 5.02. The summed E-state index contributed by atoms with van der Waals surface area (Å²) in [5, 5.41) is 0. The number of hydrogen-bond acceptors (Lipinski definition) is 3. The van der Waals surface area contributed by atoms with Crippen LogP contribution in [0, 0.1) is 17.8 Å². The zero-order chi connectivity index (χ0) is 15.0. The van der Waals surface area contributed by atoms with Crippen molar-refractivity contribution in [3.05, 3.63) is 0 Å². The molecule has 21 heavy (non-hydrogen) atoms. The number of carbonyl (C=O) groups excluding carboxylic acids is 1. The smallest absolute Gasteiger partial charge is 0.312 e. The summed E-state index contributed by atoms with van der Waals surface area (Å²) < 4.78 is 12.2. The van der Waals surface area contributed by atoms with E-state index in [0.29, 0.717) is 5.92 Å². The van der Waals surface area contributed by atoms with Crippen molar-refractivity contribution >= 4 is 5.97 Å². The monoisotopic (exact) mass is 294 g/mol. The molecule has 0 N–H and O–H groups in total. The minimum atomic E-state index is -0.150. The molecule has 6 unspecified atom stereocenters. The van der Waals surface area contributed by atoms with E-state index in [1.165, 1.54) is 19.3 Å². The average molecular weight is 294 g/mol. The normalized spacial score (nSPS) is 45.2. The van der Waals surface area contributed by atoms with Crippen LogP contribution in [-0.2, 0) is 14.3 Å². The van der Waals surface area contributed by atoms with Crippen LogP contribution in [0.1, 0.15) is 72.1 Å². The lowest BCUT2D eigenvalue weighted by molar-refractivity contribution is -0.173. The van der Waals surface area contributed by atoms with Gasteiger partial charge in [0, 0.05) is 0 Å². The molecule has 2 bridgehead atoms. The van der Waals surface area contributed by atoms with Gasteiger partial charge in [-0.05, 0) is 63.2 Å². The van der Waals surface area contributed by atoms with Crippen molar-refractivity contribution in [2.24, 2.45) is 17.8 Å². The lowest BCUT2D eigenvalue weighted by atomic mass is 9.81. The van der Waals surface area contributed by atoms with Gasteiger partial charge in [-0.2, -0.15) is 0 Å². The molecular formula is C18H30O3. The number of hydrogen-bond donors (Lipinski definition) is 0. The number of esters is 1. The third-order valence-electron chi connectivity index (χ3n) is 6.32. The van der Waals surface area contributed by atoms with Crippen molar-refractivity contribution in [3.63, 3.8) is 0 Å². The molecule has 2 aliphatic carbocycles. The first-order valence-electron chi connectivity index (χ1n) is 9.00. The molecule has 3 fully saturated rings. The molecule has 3 rings (SSSR count). The van der Waals surface area contributed by atoms with Gasteiger partial charge < -0.3 is 9.47 Å². The number of rotatable bonds is 5. The molecular weight excluding hydrogens is 264 g/mol. The van der Waals surface area contributed by atoms with Gasteiger partial charge in [0.15, 0.2) is 0 Å². The van der Waals surface area contributed by atoms with E-state index in [-0.39, 0.29) is 29.7 Å². The van der Waals surface area contributed by atoms with Gasteiger partial charge in [-0.15, -0.1) is 0 Å². The molecule has 1 aliphatic heterocycles. The van der Waals surface area contributed by atoms with Crippen LogP contribution in [0.15, 0.2) is 0 Å². The number of fused-ring (bicyclic) bond motifs is 2. The van der Waals surface area contributed by atoms with E-state index in [0.717, 1.165) is 38.0 Å². The Kier molecular flexibility index (Phi) is 4.31. The van der Waals surface area contributed by atoms with Gasteiger partial charge in [0.2, 0.25) is 0 Å². The Morgan fingerprint density at radius 3 is 2.52 bits per heavy atom. The van der Waals surface area contributed by atoms with E-state index < -0.39 is 0 Å². The first-order chi connectivity index (χ1) is 10.1. The Morgan fingerprint density at radius 2 is 2.00 bits per heavy atom. The summed E-state index contributed by atoms with van der Waals surface area (Å²) >= 11 is 0. The van der Waals surface area contributed by atoms with Crippen LogP contribution in [0.5, 0.6) is 0 Å². The SMILES string of the molecule is CCC1CC(C(=O)OC2(CC)CC3CCC2C3)C(CC)O1. The molecule has 0 spiro atoms. The standard InChI is InChI=1S/C18H30O3/c1-4-14-10-15(16(5-2)20-14)17(19)21-18(6-3)11-12-7-8-13(18)9-12/h12-16H,4-11H2,1-3H3. The van der Waals surface area contributed by atoms with Crippen LogP contribution < -0.4 is 0 Å². The van der Waals surface area contributed by atoms with E-state index in [4.69, 9.17) is 9.47 Å². The van der Waals surface area contributed by atoms with Gasteiger partial charge in [-0.3, -0.25) is 4.79 Å². The summed E-state index contributed by atoms with van der Waals surface area (Å²) in [6.45, 7) is 6.43. The summed E-state index contributed by atoms with van der Waals surface area (Å²) in [5.74, 6) is 1.39. The maximum atomic E-state index is 12.8. The Balaban J connectivity index is 1.68. The van der Waals surface area contributed by atoms with Crippen molar-refractivity contribution < 1.29 is 14.3 Å². The largest absolute Gasteiger partial charge is 0.458 e. The van der Waals surface area contributed by atoms with Crippen LogP contribution in [0.2, 0.25) is 0 Å². The van der Waals surface area contributed by atoms with Crippen LogP contribution in [0.4, 0.5) is 0 Å². The second-order valence-corrected chi connectivity index (χ2v) is 7.37. The van der Waals surface area contributed by atoms with Crippen molar-refractivity contribution in [1.82, 2.24) is 0 Å². The van der Waals surface area contributed by atoms with Gasteiger partial charge in [0.1, 0.15) is 5.60 Å². The molecule has 3 aliphatic rings. The summed E-state index contributed by atoms with van der Waals surface area (Å²) in [4.78, 5) is 12.8. The van der Waals surface area contributed by atoms with E-state index >= 15 is 0 Å². The minimum Gasteiger partial charge on any atom is -0.458 e. The second kappa shape index (κ2) is 5.91. The van der Waals surface area contributed by atoms with Gasteiger partial charge in [-0.25, -0.2) is 0 Å². The molecule has 6 atom stereocenters. The minimum absolute atomic E-state index is 0.0206. The predicted molar refractivity (Wildman–Crippen MR) is 81.9 cm³/mol. The first-order valence-corrected chi connectivity index (χ1v) is 9.00. The topological polar surface area (TPSA) is 35.5 Å². The Bertz CT molecular complexity index is 394. The van der Waals surface area contributed by atoms with Crippen LogP contribution in [-0.4, -0.2) is 23.8 Å². The lowest BCUT2D eigenvalue weighted by Crippen LogP contribution is -2.42. The molecule has 0 radical (unpaired) electrons. The highest BCUT2D eigenvalue weighted by Gasteiger charge is 2.53. The zero-order valence-corrected chi connectivity index (χ0v) is 13.8. The molecule has 120 valence electrons. The molecule has 3 nitrogen and oxygen atoms in total. The summed E-state index contributed by atoms with van der Waals surface area (Å²) in [6, 6.07) is 0. The zero-order valence-electron chi connectivity index (χ0n) is 13.8. The van der Waals surface area contributed by atoms with Crippen LogP contribution >= 0.6 is 0 Å². The molecule has 3 heteroatoms. The molecule has 1 saturated heterocycles. The first kappa shape index (κ1) is 15.3. The highest BCUT2D eigenvalue weighted by Crippen LogP contribution is 2.54. The van der Waals surface area contributed by atoms with Crippen molar-refractivity contribution in [3.8, 4) is 0 Å². The summed E-state index contributed by atoms with van der Waals surface area (Å²) in [5.41, 5.74) is -0.150. The molecule has 0 aromatic carbocycles. The Morgan fingerprint density at radius 1 is 1.19 bits per heavy atom. The lowest BCUT2D eigenvalue weighted by Gasteiger charge is -2.37. The molecule has 2 saturated carbocycles. The fourth-order valence-corrected chi connectivity index (χ4v) is 5.02. The number of carbonyl (C=O) groups is 1. The van der Waals surface area contributed by atoms with E-state index in [2.05, 4.69) is 20.8 Å². The maximum Gasteiger partial charge on any atom is 0.312 e. The van der Waals surface area contributed by atoms with E-state index in [1.807, 2.05) is 0 Å². The highest BCUT2D eigenvalue weighted by atomic mass is 16.6. The highest BCUT2D eigenvalue weighted by molar-refractivity contribution is 5.74. The van der Waals surface area contributed by atoms with Crippen molar-refractivity contribution in [2.45, 2.75) is 89.9 Å². The quantitative estimate of drug-likeness (QED) is 0.716. The van der Waals surface area contributed by atoms with Crippen molar-refractivity contribution in [2.75, 3.05) is 0 Å². The molecule has 1 heterocycles. The summed E-state index contributed by atoms with van der Waals surface area (Å²) in [6.07, 6.45) is 8.99. The average Bonchev–Trinajstić information content (AvgIpc) is 3.20. The van der Waals surface area contributed by atoms with Gasteiger partial charge >= 0.3 is 5.97 Å². The molecule has 0 aromatic heterocycles. The van der Waals surface area contributed by atoms with Gasteiger partial charge in [0.25, 0.3) is 0 Å². The third-order valence-corrected chi connectivity index (χ3v) is 6.32. The van der Waals surface area contributed by atoms with Crippen LogP contribution in [0.3, 0.4) is 0 Å². The fraction of sp³-hybridized carbons (Fsp3) is 0.944. The van der Waals surface area contributed by atoms with E-state index in [9.17, 15) is 4.79 Å². The van der Waals surface area contributed by atoms with Crippen LogP contribution in [0.25, 0.3) is 0 Å². The maximum absolute atomic E-state index is 12.8. The predicted octanol–water partition coefficient (Wildman–Crippen LogP) is 4.09.